The Morgan fingerprint density at radius 2 is 1.71 bits per heavy atom. The van der Waals surface area contributed by atoms with E-state index in [1.807, 2.05) is 78.9 Å². The van der Waals surface area contributed by atoms with E-state index >= 15 is 0 Å². The molecule has 0 aliphatic carbocycles. The van der Waals surface area contributed by atoms with Crippen LogP contribution in [0.5, 0.6) is 5.75 Å². The first kappa shape index (κ1) is 27.5. The molecule has 0 amide bonds. The van der Waals surface area contributed by atoms with Gasteiger partial charge in [0.05, 0.1) is 6.61 Å². The quantitative estimate of drug-likeness (QED) is 0.112. The van der Waals surface area contributed by atoms with E-state index in [0.29, 0.717) is 24.1 Å². The molecule has 1 N–H and O–H groups in total. The Morgan fingerprint density at radius 1 is 0.974 bits per heavy atom. The molecule has 4 aromatic rings. The van der Waals surface area contributed by atoms with Gasteiger partial charge in [0.15, 0.2) is 8.30 Å². The number of hydrogen-bond acceptors (Lipinski definition) is 7. The Balaban J connectivity index is 1.57. The van der Waals surface area contributed by atoms with Crippen molar-refractivity contribution >= 4 is 41.7 Å². The summed E-state index contributed by atoms with van der Waals surface area (Å²) in [4.78, 5) is 25.8. The molecule has 0 fully saturated rings. The van der Waals surface area contributed by atoms with Crippen molar-refractivity contribution < 1.29 is 23.6 Å². The van der Waals surface area contributed by atoms with Crippen molar-refractivity contribution in [2.75, 3.05) is 13.2 Å². The SMILES string of the molecule is C=CCOC(=O)c1cc2cc(CP(NC(Cc3ccccc3)C(=O)OCC)Oc3ccccc3)ccc2s1. The highest BCUT2D eigenvalue weighted by molar-refractivity contribution is 7.50. The second-order valence-corrected chi connectivity index (χ2v) is 11.0. The number of benzene rings is 3. The number of para-hydroxylation sites is 1. The Kier molecular flexibility index (Phi) is 10.0. The minimum absolute atomic E-state index is 0.176. The molecule has 4 rings (SSSR count). The average Bonchev–Trinajstić information content (AvgIpc) is 3.36. The molecule has 0 saturated heterocycles. The number of rotatable bonds is 13. The lowest BCUT2D eigenvalue weighted by atomic mass is 10.1. The van der Waals surface area contributed by atoms with Gasteiger partial charge in [-0.2, -0.15) is 0 Å². The Hall–Kier alpha value is -3.51. The molecule has 2 unspecified atom stereocenters. The van der Waals surface area contributed by atoms with Crippen LogP contribution in [0.15, 0.2) is 97.6 Å². The van der Waals surface area contributed by atoms with Gasteiger partial charge in [-0.3, -0.25) is 4.79 Å². The van der Waals surface area contributed by atoms with Crippen LogP contribution in [0.2, 0.25) is 0 Å². The highest BCUT2D eigenvalue weighted by atomic mass is 32.1. The predicted molar refractivity (Wildman–Crippen MR) is 154 cm³/mol. The fourth-order valence-corrected chi connectivity index (χ4v) is 6.42. The van der Waals surface area contributed by atoms with E-state index in [4.69, 9.17) is 14.0 Å². The summed E-state index contributed by atoms with van der Waals surface area (Å²) in [7, 11) is -1.31. The molecule has 8 heteroatoms. The molecular formula is C30H30NO5PS. The zero-order chi connectivity index (χ0) is 26.7. The van der Waals surface area contributed by atoms with Crippen LogP contribution in [0.25, 0.3) is 10.1 Å². The summed E-state index contributed by atoms with van der Waals surface area (Å²) in [6.07, 6.45) is 2.58. The van der Waals surface area contributed by atoms with E-state index in [0.717, 1.165) is 27.0 Å². The zero-order valence-electron chi connectivity index (χ0n) is 21.2. The van der Waals surface area contributed by atoms with Gasteiger partial charge in [-0.05, 0) is 60.2 Å². The summed E-state index contributed by atoms with van der Waals surface area (Å²) in [5, 5.41) is 4.42. The van der Waals surface area contributed by atoms with Crippen LogP contribution < -0.4 is 9.61 Å². The normalized spacial score (nSPS) is 12.4. The van der Waals surface area contributed by atoms with Crippen molar-refractivity contribution in [2.24, 2.45) is 0 Å². The molecule has 0 aliphatic heterocycles. The maximum atomic E-state index is 12.9. The maximum absolute atomic E-state index is 12.9. The summed E-state index contributed by atoms with van der Waals surface area (Å²) in [6.45, 7) is 5.87. The van der Waals surface area contributed by atoms with Crippen molar-refractivity contribution in [3.63, 3.8) is 0 Å². The first-order chi connectivity index (χ1) is 18.6. The van der Waals surface area contributed by atoms with Gasteiger partial charge >= 0.3 is 11.9 Å². The third-order valence-corrected chi connectivity index (χ3v) is 8.33. The molecule has 2 atom stereocenters. The maximum Gasteiger partial charge on any atom is 0.348 e. The average molecular weight is 548 g/mol. The topological polar surface area (TPSA) is 73.9 Å². The van der Waals surface area contributed by atoms with Crippen molar-refractivity contribution in [1.29, 1.82) is 0 Å². The van der Waals surface area contributed by atoms with Gasteiger partial charge in [-0.1, -0.05) is 67.3 Å². The summed E-state index contributed by atoms with van der Waals surface area (Å²) < 4.78 is 18.0. The van der Waals surface area contributed by atoms with Crippen LogP contribution in [0.3, 0.4) is 0 Å². The van der Waals surface area contributed by atoms with Crippen molar-refractivity contribution in [3.8, 4) is 5.75 Å². The van der Waals surface area contributed by atoms with Gasteiger partial charge < -0.3 is 14.0 Å². The minimum Gasteiger partial charge on any atom is -0.465 e. The van der Waals surface area contributed by atoms with Crippen LogP contribution in [-0.4, -0.2) is 31.2 Å². The van der Waals surface area contributed by atoms with E-state index in [1.165, 1.54) is 11.3 Å². The molecule has 38 heavy (non-hydrogen) atoms. The van der Waals surface area contributed by atoms with Crippen LogP contribution in [0, 0.1) is 0 Å². The monoisotopic (exact) mass is 547 g/mol. The van der Waals surface area contributed by atoms with Crippen molar-refractivity contribution in [1.82, 2.24) is 5.09 Å². The fraction of sp³-hybridized carbons (Fsp3) is 0.200. The first-order valence-electron chi connectivity index (χ1n) is 12.3. The first-order valence-corrected chi connectivity index (χ1v) is 14.6. The zero-order valence-corrected chi connectivity index (χ0v) is 22.9. The van der Waals surface area contributed by atoms with Crippen LogP contribution in [-0.2, 0) is 26.9 Å². The number of esters is 2. The van der Waals surface area contributed by atoms with Gasteiger partial charge in [0.25, 0.3) is 0 Å². The third-order valence-electron chi connectivity index (χ3n) is 5.55. The fourth-order valence-electron chi connectivity index (χ4n) is 3.82. The molecule has 1 heterocycles. The number of hydrogen-bond donors (Lipinski definition) is 1. The van der Waals surface area contributed by atoms with E-state index in [2.05, 4.69) is 17.7 Å². The second-order valence-electron chi connectivity index (χ2n) is 8.43. The summed E-state index contributed by atoms with van der Waals surface area (Å²) >= 11 is 1.40. The van der Waals surface area contributed by atoms with Crippen molar-refractivity contribution in [3.05, 3.63) is 114 Å². The summed E-state index contributed by atoms with van der Waals surface area (Å²) in [5.74, 6) is 0.0518. The number of fused-ring (bicyclic) bond motifs is 1. The number of carbonyl (C=O) groups excluding carboxylic acids is 2. The highest BCUT2D eigenvalue weighted by Gasteiger charge is 2.26. The summed E-state index contributed by atoms with van der Waals surface area (Å²) in [5.41, 5.74) is 2.06. The van der Waals surface area contributed by atoms with E-state index in [9.17, 15) is 9.59 Å². The molecule has 3 aromatic carbocycles. The molecule has 196 valence electrons. The Labute approximate surface area is 228 Å². The molecule has 0 bridgehead atoms. The van der Waals surface area contributed by atoms with Gasteiger partial charge in [-0.25, -0.2) is 9.88 Å². The van der Waals surface area contributed by atoms with Gasteiger partial charge in [0.2, 0.25) is 0 Å². The van der Waals surface area contributed by atoms with Crippen LogP contribution in [0.1, 0.15) is 27.7 Å². The van der Waals surface area contributed by atoms with Gasteiger partial charge in [0, 0.05) is 10.9 Å². The lowest BCUT2D eigenvalue weighted by molar-refractivity contribution is -0.145. The molecular weight excluding hydrogens is 517 g/mol. The second kappa shape index (κ2) is 13.9. The standard InChI is InChI=1S/C30H30NO5PS/c1-3-17-35-30(33)28-20-24-18-23(15-16-27(24)38-28)21-37(36-25-13-9-6-10-14-25)31-26(29(32)34-4-2)19-22-11-7-5-8-12-22/h3,5-16,18,20,26,31H,1,4,17,19,21H2,2H3. The van der Waals surface area contributed by atoms with Crippen molar-refractivity contribution in [2.45, 2.75) is 25.5 Å². The smallest absolute Gasteiger partial charge is 0.348 e. The lowest BCUT2D eigenvalue weighted by Crippen LogP contribution is -2.38. The third kappa shape index (κ3) is 7.75. The van der Waals surface area contributed by atoms with E-state index in [1.54, 1.807) is 13.0 Å². The number of nitrogens with one attached hydrogen (secondary N) is 1. The highest BCUT2D eigenvalue weighted by Crippen LogP contribution is 2.40. The molecule has 0 radical (unpaired) electrons. The Morgan fingerprint density at radius 3 is 2.42 bits per heavy atom. The number of carbonyl (C=O) groups is 2. The van der Waals surface area contributed by atoms with Crippen LogP contribution in [0.4, 0.5) is 0 Å². The number of thiophene rings is 1. The Bertz CT molecular complexity index is 1360. The molecule has 1 aromatic heterocycles. The molecule has 0 aliphatic rings. The van der Waals surface area contributed by atoms with E-state index < -0.39 is 14.3 Å². The molecule has 0 spiro atoms. The van der Waals surface area contributed by atoms with Gasteiger partial charge in [0.1, 0.15) is 23.3 Å². The van der Waals surface area contributed by atoms with Crippen LogP contribution >= 0.6 is 19.6 Å². The van der Waals surface area contributed by atoms with E-state index in [-0.39, 0.29) is 18.5 Å². The number of ether oxygens (including phenoxy) is 2. The molecule has 6 nitrogen and oxygen atoms in total. The lowest BCUT2D eigenvalue weighted by Gasteiger charge is -2.25. The minimum atomic E-state index is -1.31. The van der Waals surface area contributed by atoms with Gasteiger partial charge in [-0.15, -0.1) is 11.3 Å². The molecule has 0 saturated carbocycles. The predicted octanol–water partition coefficient (Wildman–Crippen LogP) is 6.90. The largest absolute Gasteiger partial charge is 0.465 e. The summed E-state index contributed by atoms with van der Waals surface area (Å²) in [6, 6.07) is 26.8.